The van der Waals surface area contributed by atoms with Crippen LogP contribution in [0.1, 0.15) is 48.0 Å². The van der Waals surface area contributed by atoms with Gasteiger partial charge >= 0.3 is 0 Å². The first kappa shape index (κ1) is 10.4. The van der Waals surface area contributed by atoms with Crippen LogP contribution in [-0.2, 0) is 0 Å². The molecule has 1 aliphatic carbocycles. The first-order chi connectivity index (χ1) is 5.71. The molecule has 0 aromatic rings. The van der Waals surface area contributed by atoms with Gasteiger partial charge < -0.3 is 0 Å². The lowest BCUT2D eigenvalue weighted by Gasteiger charge is -2.24. The monoisotopic (exact) mass is 176 g/mol. The maximum Gasteiger partial charge on any atom is 0.00676 e. The largest absolute Gasteiger partial charge is 0.0702 e. The summed E-state index contributed by atoms with van der Waals surface area (Å²) < 4.78 is 0. The van der Waals surface area contributed by atoms with Crippen LogP contribution in [0.5, 0.6) is 0 Å². The molecule has 1 aliphatic rings. The SMILES string of the molecule is CC(C)(C)C1=C=C=C(C(C)(C)C)C1. The van der Waals surface area contributed by atoms with Crippen molar-refractivity contribution in [3.63, 3.8) is 0 Å². The molecule has 0 unspecified atom stereocenters. The van der Waals surface area contributed by atoms with Crippen molar-refractivity contribution in [2.24, 2.45) is 10.8 Å². The van der Waals surface area contributed by atoms with Crippen molar-refractivity contribution in [1.82, 2.24) is 0 Å². The summed E-state index contributed by atoms with van der Waals surface area (Å²) in [6.07, 6.45) is 1.06. The van der Waals surface area contributed by atoms with Crippen molar-refractivity contribution in [2.75, 3.05) is 0 Å². The van der Waals surface area contributed by atoms with Crippen molar-refractivity contribution in [2.45, 2.75) is 48.0 Å². The van der Waals surface area contributed by atoms with Gasteiger partial charge in [-0.05, 0) is 22.0 Å². The third-order valence-electron chi connectivity index (χ3n) is 2.53. The molecule has 0 saturated carbocycles. The summed E-state index contributed by atoms with van der Waals surface area (Å²) in [5.74, 6) is 0. The number of hydrogen-bond donors (Lipinski definition) is 0. The van der Waals surface area contributed by atoms with Crippen molar-refractivity contribution in [3.8, 4) is 0 Å². The normalized spacial score (nSPS) is 17.4. The number of allylic oxidation sites excluding steroid dienone is 2. The third kappa shape index (κ3) is 2.37. The molecule has 0 N–H and O–H groups in total. The van der Waals surface area contributed by atoms with Crippen LogP contribution >= 0.6 is 0 Å². The van der Waals surface area contributed by atoms with E-state index in [2.05, 4.69) is 53.0 Å². The van der Waals surface area contributed by atoms with Gasteiger partial charge in [0.05, 0.1) is 0 Å². The fourth-order valence-corrected chi connectivity index (χ4v) is 1.32. The summed E-state index contributed by atoms with van der Waals surface area (Å²) >= 11 is 0. The Balaban J connectivity index is 2.97. The van der Waals surface area contributed by atoms with Crippen LogP contribution in [0, 0.1) is 10.8 Å². The van der Waals surface area contributed by atoms with E-state index >= 15 is 0 Å². The molecule has 0 atom stereocenters. The van der Waals surface area contributed by atoms with Crippen LogP contribution < -0.4 is 0 Å². The molecule has 0 aromatic heterocycles. The Kier molecular flexibility index (Phi) is 2.32. The fraction of sp³-hybridized carbons (Fsp3) is 0.692. The predicted molar refractivity (Wildman–Crippen MR) is 57.6 cm³/mol. The van der Waals surface area contributed by atoms with E-state index in [0.717, 1.165) is 6.42 Å². The average molecular weight is 176 g/mol. The Morgan fingerprint density at radius 3 is 1.23 bits per heavy atom. The quantitative estimate of drug-likeness (QED) is 0.488. The van der Waals surface area contributed by atoms with E-state index in [-0.39, 0.29) is 10.8 Å². The van der Waals surface area contributed by atoms with Crippen LogP contribution in [0.15, 0.2) is 22.6 Å². The maximum absolute atomic E-state index is 3.28. The summed E-state index contributed by atoms with van der Waals surface area (Å²) in [6, 6.07) is 0. The Hall–Kier alpha value is -0.700. The van der Waals surface area contributed by atoms with Crippen LogP contribution in [0.4, 0.5) is 0 Å². The van der Waals surface area contributed by atoms with Gasteiger partial charge in [-0.3, -0.25) is 0 Å². The highest BCUT2D eigenvalue weighted by Gasteiger charge is 2.25. The second-order valence-corrected chi connectivity index (χ2v) is 5.88. The maximum atomic E-state index is 3.28. The van der Waals surface area contributed by atoms with Gasteiger partial charge in [0.1, 0.15) is 0 Å². The molecule has 0 fully saturated rings. The molecular weight excluding hydrogens is 156 g/mol. The summed E-state index contributed by atoms with van der Waals surface area (Å²) in [4.78, 5) is 0. The minimum atomic E-state index is 0.250. The molecule has 0 radical (unpaired) electrons. The molecule has 0 aliphatic heterocycles. The zero-order valence-corrected chi connectivity index (χ0v) is 9.71. The van der Waals surface area contributed by atoms with E-state index in [0.29, 0.717) is 0 Å². The Labute approximate surface area is 82.0 Å². The molecule has 0 heterocycles. The predicted octanol–water partition coefficient (Wildman–Crippen LogP) is 4.09. The number of rotatable bonds is 0. The number of hydrogen-bond acceptors (Lipinski definition) is 0. The van der Waals surface area contributed by atoms with Crippen LogP contribution in [-0.4, -0.2) is 0 Å². The van der Waals surface area contributed by atoms with Gasteiger partial charge in [0.15, 0.2) is 0 Å². The topological polar surface area (TPSA) is 0 Å². The van der Waals surface area contributed by atoms with E-state index in [9.17, 15) is 0 Å². The van der Waals surface area contributed by atoms with E-state index in [4.69, 9.17) is 0 Å². The molecule has 0 spiro atoms. The van der Waals surface area contributed by atoms with Crippen molar-refractivity contribution >= 4 is 0 Å². The second kappa shape index (κ2) is 2.91. The fourth-order valence-electron chi connectivity index (χ4n) is 1.32. The molecular formula is C13H20. The summed E-state index contributed by atoms with van der Waals surface area (Å²) in [7, 11) is 0. The summed E-state index contributed by atoms with van der Waals surface area (Å²) in [5.41, 5.74) is 9.84. The van der Waals surface area contributed by atoms with Crippen LogP contribution in [0.25, 0.3) is 0 Å². The zero-order chi connectivity index (χ0) is 10.3. The van der Waals surface area contributed by atoms with E-state index in [1.165, 1.54) is 11.1 Å². The molecule has 0 aromatic carbocycles. The van der Waals surface area contributed by atoms with E-state index < -0.39 is 0 Å². The van der Waals surface area contributed by atoms with Crippen molar-refractivity contribution < 1.29 is 0 Å². The van der Waals surface area contributed by atoms with Crippen LogP contribution in [0.2, 0.25) is 0 Å². The van der Waals surface area contributed by atoms with Gasteiger partial charge in [0.25, 0.3) is 0 Å². The smallest absolute Gasteiger partial charge is 0.00676 e. The second-order valence-electron chi connectivity index (χ2n) is 5.88. The lowest BCUT2D eigenvalue weighted by molar-refractivity contribution is 0.457. The van der Waals surface area contributed by atoms with Gasteiger partial charge in [-0.25, -0.2) is 0 Å². The highest BCUT2D eigenvalue weighted by atomic mass is 14.3. The standard InChI is InChI=1S/C13H20/c1-12(2,3)10-7-8-11(9-10)13(4,5)6/h9H2,1-6H3. The van der Waals surface area contributed by atoms with Crippen molar-refractivity contribution in [3.05, 3.63) is 22.6 Å². The van der Waals surface area contributed by atoms with E-state index in [1.807, 2.05) is 0 Å². The highest BCUT2D eigenvalue weighted by molar-refractivity contribution is 5.28. The Morgan fingerprint density at radius 2 is 1.08 bits per heavy atom. The Morgan fingerprint density at radius 1 is 0.769 bits per heavy atom. The average Bonchev–Trinajstić information content (AvgIpc) is 2.28. The molecule has 0 amide bonds. The highest BCUT2D eigenvalue weighted by Crippen LogP contribution is 2.38. The lowest BCUT2D eigenvalue weighted by Crippen LogP contribution is -2.13. The third-order valence-corrected chi connectivity index (χ3v) is 2.53. The van der Waals surface area contributed by atoms with Gasteiger partial charge in [-0.2, -0.15) is 0 Å². The lowest BCUT2D eigenvalue weighted by atomic mass is 9.79. The minimum absolute atomic E-state index is 0.250. The van der Waals surface area contributed by atoms with Gasteiger partial charge in [0.2, 0.25) is 0 Å². The zero-order valence-electron chi connectivity index (χ0n) is 9.71. The molecule has 13 heavy (non-hydrogen) atoms. The Bertz CT molecular complexity index is 271. The first-order valence-electron chi connectivity index (χ1n) is 4.96. The molecule has 0 heteroatoms. The molecule has 0 nitrogen and oxygen atoms in total. The van der Waals surface area contributed by atoms with Gasteiger partial charge in [-0.15, -0.1) is 0 Å². The van der Waals surface area contributed by atoms with Gasteiger partial charge in [-0.1, -0.05) is 53.0 Å². The first-order valence-corrected chi connectivity index (χ1v) is 4.96. The van der Waals surface area contributed by atoms with E-state index in [1.54, 1.807) is 0 Å². The summed E-state index contributed by atoms with van der Waals surface area (Å²) in [5, 5.41) is 0. The summed E-state index contributed by atoms with van der Waals surface area (Å²) in [6.45, 7) is 13.4. The molecule has 0 bridgehead atoms. The van der Waals surface area contributed by atoms with Crippen molar-refractivity contribution in [1.29, 1.82) is 0 Å². The molecule has 1 rings (SSSR count). The van der Waals surface area contributed by atoms with Crippen LogP contribution in [0.3, 0.4) is 0 Å². The van der Waals surface area contributed by atoms with Gasteiger partial charge in [0, 0.05) is 6.42 Å². The molecule has 72 valence electrons. The molecule has 0 saturated heterocycles. The minimum Gasteiger partial charge on any atom is -0.0702 e.